The first-order chi connectivity index (χ1) is 9.47. The highest BCUT2D eigenvalue weighted by molar-refractivity contribution is 5.85. The molecule has 0 aliphatic carbocycles. The first-order valence-corrected chi connectivity index (χ1v) is 6.27. The Bertz CT molecular complexity index is 466. The van der Waals surface area contributed by atoms with Crippen molar-refractivity contribution in [1.29, 1.82) is 0 Å². The van der Waals surface area contributed by atoms with E-state index in [1.54, 1.807) is 12.1 Å². The fourth-order valence-electron chi connectivity index (χ4n) is 1.56. The lowest BCUT2D eigenvalue weighted by molar-refractivity contribution is -0.131. The van der Waals surface area contributed by atoms with Gasteiger partial charge in [-0.3, -0.25) is 0 Å². The van der Waals surface area contributed by atoms with E-state index < -0.39 is 5.97 Å². The quantitative estimate of drug-likeness (QED) is 0.778. The standard InChI is InChI=1S/C15H20O5/c1-10(2)9-20-15-12(18-3)7-11(5-6-14(16)17)8-13(15)19-4/h5-8,10H,9H2,1-4H3,(H,16,17)/b6-5+. The minimum atomic E-state index is -1.01. The molecule has 0 aliphatic rings. The zero-order chi connectivity index (χ0) is 15.1. The molecule has 0 aromatic heterocycles. The summed E-state index contributed by atoms with van der Waals surface area (Å²) >= 11 is 0. The molecule has 1 rings (SSSR count). The number of aliphatic carboxylic acids is 1. The molecule has 5 heteroatoms. The highest BCUT2D eigenvalue weighted by Gasteiger charge is 2.14. The molecule has 0 saturated carbocycles. The smallest absolute Gasteiger partial charge is 0.328 e. The van der Waals surface area contributed by atoms with Gasteiger partial charge in [-0.25, -0.2) is 4.79 Å². The third kappa shape index (κ3) is 4.50. The Morgan fingerprint density at radius 1 is 1.25 bits per heavy atom. The zero-order valence-electron chi connectivity index (χ0n) is 12.2. The third-order valence-electron chi connectivity index (χ3n) is 2.46. The Labute approximate surface area is 118 Å². The van der Waals surface area contributed by atoms with Crippen molar-refractivity contribution in [1.82, 2.24) is 0 Å². The van der Waals surface area contributed by atoms with E-state index in [0.717, 1.165) is 6.08 Å². The van der Waals surface area contributed by atoms with E-state index in [0.29, 0.717) is 35.3 Å². The zero-order valence-corrected chi connectivity index (χ0v) is 12.2. The average molecular weight is 280 g/mol. The first kappa shape index (κ1) is 15.9. The number of rotatable bonds is 7. The van der Waals surface area contributed by atoms with Crippen molar-refractivity contribution in [2.75, 3.05) is 20.8 Å². The molecule has 0 radical (unpaired) electrons. The van der Waals surface area contributed by atoms with Crippen molar-refractivity contribution in [2.24, 2.45) is 5.92 Å². The lowest BCUT2D eigenvalue weighted by Crippen LogP contribution is -2.07. The second-order valence-corrected chi connectivity index (χ2v) is 4.63. The van der Waals surface area contributed by atoms with E-state index in [-0.39, 0.29) is 0 Å². The van der Waals surface area contributed by atoms with E-state index >= 15 is 0 Å². The first-order valence-electron chi connectivity index (χ1n) is 6.27. The van der Waals surface area contributed by atoms with Gasteiger partial charge in [-0.05, 0) is 29.7 Å². The van der Waals surface area contributed by atoms with E-state index in [9.17, 15) is 4.79 Å². The SMILES string of the molecule is COc1cc(/C=C/C(=O)O)cc(OC)c1OCC(C)C. The lowest BCUT2D eigenvalue weighted by atomic mass is 10.1. The number of methoxy groups -OCH3 is 2. The van der Waals surface area contributed by atoms with E-state index in [1.807, 2.05) is 13.8 Å². The summed E-state index contributed by atoms with van der Waals surface area (Å²) in [5, 5.41) is 8.65. The molecule has 110 valence electrons. The van der Waals surface area contributed by atoms with Crippen LogP contribution in [0.4, 0.5) is 0 Å². The van der Waals surface area contributed by atoms with Crippen molar-refractivity contribution < 1.29 is 24.1 Å². The lowest BCUT2D eigenvalue weighted by Gasteiger charge is -2.16. The van der Waals surface area contributed by atoms with Crippen molar-refractivity contribution in [2.45, 2.75) is 13.8 Å². The fraction of sp³-hybridized carbons (Fsp3) is 0.400. The largest absolute Gasteiger partial charge is 0.493 e. The third-order valence-corrected chi connectivity index (χ3v) is 2.46. The maximum absolute atomic E-state index is 10.6. The molecule has 0 unspecified atom stereocenters. The molecule has 0 atom stereocenters. The van der Waals surface area contributed by atoms with Gasteiger partial charge in [-0.2, -0.15) is 0 Å². The Morgan fingerprint density at radius 2 is 1.80 bits per heavy atom. The molecule has 1 aromatic carbocycles. The van der Waals surface area contributed by atoms with Gasteiger partial charge in [0.1, 0.15) is 0 Å². The highest BCUT2D eigenvalue weighted by atomic mass is 16.5. The minimum absolute atomic E-state index is 0.371. The van der Waals surface area contributed by atoms with E-state index in [2.05, 4.69) is 0 Å². The van der Waals surface area contributed by atoms with Crippen molar-refractivity contribution in [3.63, 3.8) is 0 Å². The van der Waals surface area contributed by atoms with Crippen LogP contribution < -0.4 is 14.2 Å². The van der Waals surface area contributed by atoms with Gasteiger partial charge in [0.2, 0.25) is 5.75 Å². The van der Waals surface area contributed by atoms with Crippen molar-refractivity contribution in [3.8, 4) is 17.2 Å². The Morgan fingerprint density at radius 3 is 2.20 bits per heavy atom. The van der Waals surface area contributed by atoms with Gasteiger partial charge in [0.15, 0.2) is 11.5 Å². The minimum Gasteiger partial charge on any atom is -0.493 e. The second-order valence-electron chi connectivity index (χ2n) is 4.63. The van der Waals surface area contributed by atoms with Crippen LogP contribution >= 0.6 is 0 Å². The monoisotopic (exact) mass is 280 g/mol. The molecule has 0 amide bonds. The highest BCUT2D eigenvalue weighted by Crippen LogP contribution is 2.39. The van der Waals surface area contributed by atoms with Gasteiger partial charge < -0.3 is 19.3 Å². The van der Waals surface area contributed by atoms with Crippen LogP contribution in [0, 0.1) is 5.92 Å². The summed E-state index contributed by atoms with van der Waals surface area (Å²) in [5.41, 5.74) is 0.665. The number of carboxylic acids is 1. The topological polar surface area (TPSA) is 65.0 Å². The molecule has 0 aliphatic heterocycles. The molecular formula is C15H20O5. The van der Waals surface area contributed by atoms with E-state index in [1.165, 1.54) is 20.3 Å². The van der Waals surface area contributed by atoms with Crippen LogP contribution in [0.1, 0.15) is 19.4 Å². The Hall–Kier alpha value is -2.17. The number of carbonyl (C=O) groups is 1. The van der Waals surface area contributed by atoms with Gasteiger partial charge in [-0.15, -0.1) is 0 Å². The number of carboxylic acid groups (broad SMARTS) is 1. The van der Waals surface area contributed by atoms with Crippen LogP contribution in [0.25, 0.3) is 6.08 Å². The predicted molar refractivity (Wildman–Crippen MR) is 76.5 cm³/mol. The van der Waals surface area contributed by atoms with Crippen LogP contribution in [0.2, 0.25) is 0 Å². The summed E-state index contributed by atoms with van der Waals surface area (Å²) in [5.74, 6) is 0.903. The summed E-state index contributed by atoms with van der Waals surface area (Å²) in [6, 6.07) is 3.41. The van der Waals surface area contributed by atoms with E-state index in [4.69, 9.17) is 19.3 Å². The molecule has 5 nitrogen and oxygen atoms in total. The summed E-state index contributed by atoms with van der Waals surface area (Å²) in [6.07, 6.45) is 2.53. The molecule has 1 N–H and O–H groups in total. The van der Waals surface area contributed by atoms with Crippen LogP contribution in [0.15, 0.2) is 18.2 Å². The van der Waals surface area contributed by atoms with Crippen molar-refractivity contribution in [3.05, 3.63) is 23.8 Å². The maximum atomic E-state index is 10.6. The maximum Gasteiger partial charge on any atom is 0.328 e. The van der Waals surface area contributed by atoms with Crippen molar-refractivity contribution >= 4 is 12.0 Å². The molecular weight excluding hydrogens is 260 g/mol. The number of hydrogen-bond acceptors (Lipinski definition) is 4. The second kappa shape index (κ2) is 7.43. The summed E-state index contributed by atoms with van der Waals surface area (Å²) in [6.45, 7) is 4.63. The number of benzene rings is 1. The van der Waals surface area contributed by atoms with Gasteiger partial charge in [0, 0.05) is 6.08 Å². The van der Waals surface area contributed by atoms with Gasteiger partial charge >= 0.3 is 5.97 Å². The normalized spacial score (nSPS) is 10.8. The van der Waals surface area contributed by atoms with Crippen LogP contribution in [-0.2, 0) is 4.79 Å². The van der Waals surface area contributed by atoms with Crippen LogP contribution in [0.5, 0.6) is 17.2 Å². The molecule has 0 spiro atoms. The average Bonchev–Trinajstić information content (AvgIpc) is 2.42. The van der Waals surface area contributed by atoms with Gasteiger partial charge in [-0.1, -0.05) is 13.8 Å². The van der Waals surface area contributed by atoms with Crippen LogP contribution in [0.3, 0.4) is 0 Å². The van der Waals surface area contributed by atoms with Gasteiger partial charge in [0.25, 0.3) is 0 Å². The Kier molecular flexibility index (Phi) is 5.90. The number of hydrogen-bond donors (Lipinski definition) is 1. The molecule has 0 fully saturated rings. The molecule has 0 bridgehead atoms. The number of ether oxygens (including phenoxy) is 3. The molecule has 0 heterocycles. The van der Waals surface area contributed by atoms with Gasteiger partial charge in [0.05, 0.1) is 20.8 Å². The summed E-state index contributed by atoms with van der Waals surface area (Å²) in [7, 11) is 3.06. The molecule has 0 saturated heterocycles. The molecule has 20 heavy (non-hydrogen) atoms. The molecule has 1 aromatic rings. The fourth-order valence-corrected chi connectivity index (χ4v) is 1.56. The summed E-state index contributed by atoms with van der Waals surface area (Å²) < 4.78 is 16.3. The Balaban J connectivity index is 3.13. The summed E-state index contributed by atoms with van der Waals surface area (Å²) in [4.78, 5) is 10.6. The van der Waals surface area contributed by atoms with Crippen LogP contribution in [-0.4, -0.2) is 31.9 Å². The predicted octanol–water partition coefficient (Wildman–Crippen LogP) is 2.84.